The molecule has 1 aromatic carbocycles. The average molecular weight is 399 g/mol. The van der Waals surface area contributed by atoms with Gasteiger partial charge in [0.1, 0.15) is 0 Å². The van der Waals surface area contributed by atoms with Gasteiger partial charge < -0.3 is 0 Å². The Morgan fingerprint density at radius 3 is 2.00 bits per heavy atom. The molecule has 1 aromatic heterocycles. The summed E-state index contributed by atoms with van der Waals surface area (Å²) in [5.74, 6) is 0. The molecular formula is C14H11Cl2F3N2O2S. The molecule has 0 saturated heterocycles. The smallest absolute Gasteiger partial charge is 0.239 e. The molecule has 3 rings (SSSR count). The van der Waals surface area contributed by atoms with Crippen LogP contribution in [-0.2, 0) is 16.0 Å². The molecular weight excluding hydrogens is 388 g/mol. The van der Waals surface area contributed by atoms with Gasteiger partial charge in [0.25, 0.3) is 0 Å². The largest absolute Gasteiger partial charge is 0.436 e. The van der Waals surface area contributed by atoms with E-state index in [1.54, 1.807) is 0 Å². The van der Waals surface area contributed by atoms with Crippen LogP contribution in [-0.4, -0.2) is 23.6 Å². The first kappa shape index (κ1) is 17.7. The Bertz CT molecular complexity index is 910. The van der Waals surface area contributed by atoms with Gasteiger partial charge in [0, 0.05) is 0 Å². The molecule has 0 atom stereocenters. The van der Waals surface area contributed by atoms with Gasteiger partial charge in [0.05, 0.1) is 26.3 Å². The van der Waals surface area contributed by atoms with E-state index in [1.165, 1.54) is 6.07 Å². The zero-order chi connectivity index (χ0) is 17.7. The third-order valence-corrected chi connectivity index (χ3v) is 6.85. The second-order valence-corrected chi connectivity index (χ2v) is 8.54. The van der Waals surface area contributed by atoms with E-state index in [-0.39, 0.29) is 21.1 Å². The van der Waals surface area contributed by atoms with Gasteiger partial charge in [0.2, 0.25) is 9.84 Å². The number of benzene rings is 1. The molecule has 0 aliphatic heterocycles. The lowest BCUT2D eigenvalue weighted by atomic mass is 10.3. The number of alkyl halides is 3. The van der Waals surface area contributed by atoms with Gasteiger partial charge in [-0.05, 0) is 25.0 Å². The van der Waals surface area contributed by atoms with Crippen LogP contribution < -0.4 is 0 Å². The summed E-state index contributed by atoms with van der Waals surface area (Å²) in [6.07, 6.45) is -2.99. The highest BCUT2D eigenvalue weighted by atomic mass is 35.5. The van der Waals surface area contributed by atoms with Crippen LogP contribution in [0.5, 0.6) is 0 Å². The lowest BCUT2D eigenvalue weighted by Crippen LogP contribution is -2.24. The number of rotatable bonds is 2. The normalized spacial score (nSPS) is 16.9. The zero-order valence-corrected chi connectivity index (χ0v) is 14.4. The molecule has 1 heterocycles. The monoisotopic (exact) mass is 398 g/mol. The van der Waals surface area contributed by atoms with E-state index < -0.39 is 32.0 Å². The predicted molar refractivity (Wildman–Crippen MR) is 84.0 cm³/mol. The van der Waals surface area contributed by atoms with E-state index in [2.05, 4.69) is 9.97 Å². The number of nitrogens with zero attached hydrogens (tertiary/aromatic N) is 2. The first-order chi connectivity index (χ1) is 11.1. The molecule has 24 heavy (non-hydrogen) atoms. The van der Waals surface area contributed by atoms with Crippen LogP contribution in [0, 0.1) is 0 Å². The summed E-state index contributed by atoms with van der Waals surface area (Å²) < 4.78 is 65.3. The van der Waals surface area contributed by atoms with Crippen LogP contribution in [0.3, 0.4) is 0 Å². The number of hydrogen-bond acceptors (Lipinski definition) is 4. The van der Waals surface area contributed by atoms with E-state index in [4.69, 9.17) is 23.2 Å². The number of hydrogen-bond donors (Lipinski definition) is 0. The van der Waals surface area contributed by atoms with Crippen LogP contribution in [0.2, 0.25) is 10.0 Å². The Balaban J connectivity index is 2.30. The fraction of sp³-hybridized carbons (Fsp3) is 0.429. The highest BCUT2D eigenvalue weighted by molar-refractivity contribution is 7.92. The second kappa shape index (κ2) is 6.00. The molecule has 0 spiro atoms. The Hall–Kier alpha value is -1.12. The first-order valence-corrected chi connectivity index (χ1v) is 9.39. The van der Waals surface area contributed by atoms with Crippen molar-refractivity contribution in [2.45, 2.75) is 42.1 Å². The molecule has 0 radical (unpaired) electrons. The summed E-state index contributed by atoms with van der Waals surface area (Å²) in [5.41, 5.74) is -1.73. The van der Waals surface area contributed by atoms with Crippen LogP contribution in [0.25, 0.3) is 11.0 Å². The number of sulfone groups is 1. The van der Waals surface area contributed by atoms with Gasteiger partial charge in [-0.15, -0.1) is 0 Å². The SMILES string of the molecule is O=S(=O)(c1nc2cc(Cl)c(Cl)cc2nc1C(F)(F)F)C1CCCC1. The summed E-state index contributed by atoms with van der Waals surface area (Å²) in [5, 5.41) is -1.83. The summed E-state index contributed by atoms with van der Waals surface area (Å²) in [6.45, 7) is 0. The maximum absolute atomic E-state index is 13.3. The fourth-order valence-electron chi connectivity index (χ4n) is 2.78. The molecule has 4 nitrogen and oxygen atoms in total. The minimum atomic E-state index is -4.95. The molecule has 1 aliphatic rings. The van der Waals surface area contributed by atoms with Gasteiger partial charge in [-0.1, -0.05) is 36.0 Å². The molecule has 2 aromatic rings. The molecule has 0 amide bonds. The summed E-state index contributed by atoms with van der Waals surface area (Å²) in [7, 11) is -4.24. The molecule has 1 saturated carbocycles. The van der Waals surface area contributed by atoms with Crippen molar-refractivity contribution in [3.8, 4) is 0 Å². The van der Waals surface area contributed by atoms with E-state index in [0.717, 1.165) is 6.07 Å². The maximum Gasteiger partial charge on any atom is 0.436 e. The van der Waals surface area contributed by atoms with E-state index in [0.29, 0.717) is 25.7 Å². The minimum absolute atomic E-state index is 0.0120. The summed E-state index contributed by atoms with van der Waals surface area (Å²) >= 11 is 11.6. The van der Waals surface area contributed by atoms with Crippen LogP contribution in [0.4, 0.5) is 13.2 Å². The van der Waals surface area contributed by atoms with Crippen molar-refractivity contribution in [1.82, 2.24) is 9.97 Å². The quantitative estimate of drug-likeness (QED) is 0.737. The fourth-order valence-corrected chi connectivity index (χ4v) is 5.02. The van der Waals surface area contributed by atoms with E-state index >= 15 is 0 Å². The van der Waals surface area contributed by atoms with Crippen LogP contribution in [0.1, 0.15) is 31.4 Å². The Kier molecular flexibility index (Phi) is 4.42. The van der Waals surface area contributed by atoms with E-state index in [1.807, 2.05) is 0 Å². The topological polar surface area (TPSA) is 59.9 Å². The third kappa shape index (κ3) is 3.07. The molecule has 0 N–H and O–H groups in total. The Labute approximate surface area is 145 Å². The third-order valence-electron chi connectivity index (χ3n) is 3.95. The number of halogens is 5. The van der Waals surface area contributed by atoms with Crippen molar-refractivity contribution < 1.29 is 21.6 Å². The Morgan fingerprint density at radius 2 is 1.50 bits per heavy atom. The number of aromatic nitrogens is 2. The van der Waals surface area contributed by atoms with Gasteiger partial charge in [-0.25, -0.2) is 18.4 Å². The lowest BCUT2D eigenvalue weighted by molar-refractivity contribution is -0.143. The molecule has 1 aliphatic carbocycles. The van der Waals surface area contributed by atoms with Gasteiger partial charge >= 0.3 is 6.18 Å². The van der Waals surface area contributed by atoms with Gasteiger partial charge in [-0.2, -0.15) is 13.2 Å². The highest BCUT2D eigenvalue weighted by Crippen LogP contribution is 2.38. The van der Waals surface area contributed by atoms with Crippen LogP contribution in [0.15, 0.2) is 17.2 Å². The van der Waals surface area contributed by atoms with Crippen molar-refractivity contribution in [2.24, 2.45) is 0 Å². The van der Waals surface area contributed by atoms with Crippen molar-refractivity contribution >= 4 is 44.1 Å². The van der Waals surface area contributed by atoms with Gasteiger partial charge in [0.15, 0.2) is 10.7 Å². The van der Waals surface area contributed by atoms with Crippen molar-refractivity contribution in [3.05, 3.63) is 27.9 Å². The number of fused-ring (bicyclic) bond motifs is 1. The first-order valence-electron chi connectivity index (χ1n) is 7.08. The molecule has 10 heteroatoms. The van der Waals surface area contributed by atoms with Gasteiger partial charge in [-0.3, -0.25) is 0 Å². The van der Waals surface area contributed by atoms with Crippen LogP contribution >= 0.6 is 23.2 Å². The standard InChI is InChI=1S/C14H11Cl2F3N2O2S/c15-8-5-10-11(6-9(8)16)21-13(12(20-10)14(17,18)19)24(22,23)7-3-1-2-4-7/h5-7H,1-4H2. The lowest BCUT2D eigenvalue weighted by Gasteiger charge is -2.16. The maximum atomic E-state index is 13.3. The van der Waals surface area contributed by atoms with Crippen molar-refractivity contribution in [1.29, 1.82) is 0 Å². The van der Waals surface area contributed by atoms with Crippen molar-refractivity contribution in [3.63, 3.8) is 0 Å². The molecule has 0 bridgehead atoms. The van der Waals surface area contributed by atoms with Crippen molar-refractivity contribution in [2.75, 3.05) is 0 Å². The molecule has 1 fully saturated rings. The molecule has 0 unspecified atom stereocenters. The minimum Gasteiger partial charge on any atom is -0.239 e. The Morgan fingerprint density at radius 1 is 1.00 bits per heavy atom. The highest BCUT2D eigenvalue weighted by Gasteiger charge is 2.43. The van der Waals surface area contributed by atoms with E-state index in [9.17, 15) is 21.6 Å². The average Bonchev–Trinajstić information content (AvgIpc) is 3.01. The summed E-state index contributed by atoms with van der Waals surface area (Å²) in [6, 6.07) is 2.34. The second-order valence-electron chi connectivity index (χ2n) is 5.58. The predicted octanol–water partition coefficient (Wildman–Crippen LogP) is 4.67. The zero-order valence-electron chi connectivity index (χ0n) is 12.1. The molecule has 130 valence electrons. The summed E-state index contributed by atoms with van der Waals surface area (Å²) in [4.78, 5) is 7.22.